The van der Waals surface area contributed by atoms with Crippen LogP contribution in [0, 0.1) is 6.92 Å². The molecule has 2 heterocycles. The lowest BCUT2D eigenvalue weighted by Gasteiger charge is -2.15. The lowest BCUT2D eigenvalue weighted by molar-refractivity contribution is -0.124. The van der Waals surface area contributed by atoms with Crippen LogP contribution in [-0.2, 0) is 11.3 Å². The monoisotopic (exact) mass is 395 g/mol. The Morgan fingerprint density at radius 1 is 1.31 bits per heavy atom. The molecule has 0 bridgehead atoms. The van der Waals surface area contributed by atoms with Crippen molar-refractivity contribution in [1.29, 1.82) is 0 Å². The van der Waals surface area contributed by atoms with Gasteiger partial charge in [0.25, 0.3) is 12.9 Å². The van der Waals surface area contributed by atoms with E-state index in [-0.39, 0.29) is 6.54 Å². The molecule has 0 spiro atoms. The summed E-state index contributed by atoms with van der Waals surface area (Å²) in [5, 5.41) is 9.26. The minimum Gasteiger partial charge on any atom is -0.354 e. The number of carbonyl (C=O) groups excluding carboxylic acids is 1. The van der Waals surface area contributed by atoms with Gasteiger partial charge in [0.05, 0.1) is 5.02 Å². The summed E-state index contributed by atoms with van der Waals surface area (Å²) in [7, 11) is 0. The zero-order valence-corrected chi connectivity index (χ0v) is 14.9. The fourth-order valence-electron chi connectivity index (χ4n) is 2.41. The Labute approximate surface area is 152 Å². The molecule has 2 aromatic heterocycles. The van der Waals surface area contributed by atoms with E-state index in [1.165, 1.54) is 6.92 Å². The SMILES string of the molecule is Cc1ccnn1CCCNC(=O)C(C)n1nc(C(F)F)c(Cl)c1C(F)F. The maximum Gasteiger partial charge on any atom is 0.283 e. The summed E-state index contributed by atoms with van der Waals surface area (Å²) in [5.41, 5.74) is -0.885. The van der Waals surface area contributed by atoms with Gasteiger partial charge in [0.2, 0.25) is 5.91 Å². The van der Waals surface area contributed by atoms with E-state index in [1.807, 2.05) is 13.0 Å². The highest BCUT2D eigenvalue weighted by molar-refractivity contribution is 6.32. The molecule has 2 rings (SSSR count). The van der Waals surface area contributed by atoms with Gasteiger partial charge in [-0.15, -0.1) is 0 Å². The fourth-order valence-corrected chi connectivity index (χ4v) is 2.70. The number of aromatic nitrogens is 4. The zero-order valence-electron chi connectivity index (χ0n) is 14.1. The molecule has 1 unspecified atom stereocenters. The van der Waals surface area contributed by atoms with Crippen molar-refractivity contribution < 1.29 is 22.4 Å². The Hall–Kier alpha value is -2.10. The van der Waals surface area contributed by atoms with E-state index in [2.05, 4.69) is 15.5 Å². The number of hydrogen-bond acceptors (Lipinski definition) is 3. The van der Waals surface area contributed by atoms with Crippen LogP contribution in [0.1, 0.15) is 49.3 Å². The first-order chi connectivity index (χ1) is 12.2. The van der Waals surface area contributed by atoms with Crippen molar-refractivity contribution in [3.05, 3.63) is 34.4 Å². The lowest BCUT2D eigenvalue weighted by Crippen LogP contribution is -2.33. The Morgan fingerprint density at radius 2 is 2.00 bits per heavy atom. The lowest BCUT2D eigenvalue weighted by atomic mass is 10.3. The predicted molar refractivity (Wildman–Crippen MR) is 86.5 cm³/mol. The van der Waals surface area contributed by atoms with E-state index in [0.717, 1.165) is 5.69 Å². The molecule has 1 N–H and O–H groups in total. The molecule has 0 fully saturated rings. The second kappa shape index (κ2) is 8.52. The minimum absolute atomic E-state index is 0.267. The molecule has 0 saturated carbocycles. The maximum atomic E-state index is 13.2. The summed E-state index contributed by atoms with van der Waals surface area (Å²) in [5.74, 6) is -0.621. The van der Waals surface area contributed by atoms with E-state index in [0.29, 0.717) is 17.6 Å². The number of rotatable bonds is 8. The minimum atomic E-state index is -3.14. The number of amides is 1. The van der Waals surface area contributed by atoms with Crippen LogP contribution in [0.2, 0.25) is 5.02 Å². The van der Waals surface area contributed by atoms with Crippen LogP contribution < -0.4 is 5.32 Å². The van der Waals surface area contributed by atoms with Crippen molar-refractivity contribution in [1.82, 2.24) is 24.9 Å². The second-order valence-electron chi connectivity index (χ2n) is 5.65. The predicted octanol–water partition coefficient (Wildman–Crippen LogP) is 3.68. The standard InChI is InChI=1S/C15H18ClF4N5O/c1-8-4-6-22-24(8)7-3-5-21-15(26)9(2)25-12(14(19)20)10(16)11(23-25)13(17)18/h4,6,9,13-14H,3,5,7H2,1-2H3,(H,21,26). The van der Waals surface area contributed by atoms with Crippen molar-refractivity contribution in [2.24, 2.45) is 0 Å². The smallest absolute Gasteiger partial charge is 0.283 e. The van der Waals surface area contributed by atoms with Crippen molar-refractivity contribution in [2.45, 2.75) is 45.7 Å². The molecule has 1 amide bonds. The van der Waals surface area contributed by atoms with Crippen molar-refractivity contribution in [3.63, 3.8) is 0 Å². The van der Waals surface area contributed by atoms with Crippen LogP contribution in [-0.4, -0.2) is 32.0 Å². The Kier molecular flexibility index (Phi) is 6.63. The normalized spacial score (nSPS) is 12.8. The van der Waals surface area contributed by atoms with Gasteiger partial charge in [-0.05, 0) is 26.3 Å². The number of hydrogen-bond donors (Lipinski definition) is 1. The van der Waals surface area contributed by atoms with Crippen LogP contribution >= 0.6 is 11.6 Å². The molecule has 0 aliphatic heterocycles. The first-order valence-corrected chi connectivity index (χ1v) is 8.22. The van der Waals surface area contributed by atoms with E-state index in [1.54, 1.807) is 10.9 Å². The average Bonchev–Trinajstić information content (AvgIpc) is 3.13. The Morgan fingerprint density at radius 3 is 2.54 bits per heavy atom. The van der Waals surface area contributed by atoms with Crippen molar-refractivity contribution >= 4 is 17.5 Å². The topological polar surface area (TPSA) is 64.7 Å². The van der Waals surface area contributed by atoms with Gasteiger partial charge in [-0.1, -0.05) is 11.6 Å². The van der Waals surface area contributed by atoms with Gasteiger partial charge in [0.1, 0.15) is 17.4 Å². The van der Waals surface area contributed by atoms with Gasteiger partial charge in [0.15, 0.2) is 0 Å². The molecule has 0 radical (unpaired) electrons. The Bertz CT molecular complexity index is 761. The quantitative estimate of drug-likeness (QED) is 0.547. The summed E-state index contributed by atoms with van der Waals surface area (Å²) < 4.78 is 54.3. The molecule has 0 saturated heterocycles. The third-order valence-corrected chi connectivity index (χ3v) is 4.23. The highest BCUT2D eigenvalue weighted by Crippen LogP contribution is 2.36. The maximum absolute atomic E-state index is 13.2. The third kappa shape index (κ3) is 4.35. The highest BCUT2D eigenvalue weighted by Gasteiger charge is 2.31. The molecule has 2 aromatic rings. The van der Waals surface area contributed by atoms with Gasteiger partial charge in [0, 0.05) is 25.0 Å². The molecule has 0 aromatic carbocycles. The molecule has 144 valence electrons. The Balaban J connectivity index is 2.01. The van der Waals surface area contributed by atoms with Crippen molar-refractivity contribution in [2.75, 3.05) is 6.54 Å². The molecular weight excluding hydrogens is 378 g/mol. The number of nitrogens with one attached hydrogen (secondary N) is 1. The number of halogens is 5. The van der Waals surface area contributed by atoms with Crippen LogP contribution in [0.3, 0.4) is 0 Å². The second-order valence-corrected chi connectivity index (χ2v) is 6.02. The molecule has 26 heavy (non-hydrogen) atoms. The van der Waals surface area contributed by atoms with Crippen LogP contribution in [0.25, 0.3) is 0 Å². The number of alkyl halides is 4. The van der Waals surface area contributed by atoms with Crippen molar-refractivity contribution in [3.8, 4) is 0 Å². The van der Waals surface area contributed by atoms with Gasteiger partial charge >= 0.3 is 0 Å². The van der Waals surface area contributed by atoms with E-state index in [9.17, 15) is 22.4 Å². The highest BCUT2D eigenvalue weighted by atomic mass is 35.5. The van der Waals surface area contributed by atoms with Crippen LogP contribution in [0.5, 0.6) is 0 Å². The van der Waals surface area contributed by atoms with E-state index < -0.39 is 41.2 Å². The van der Waals surface area contributed by atoms with Gasteiger partial charge < -0.3 is 5.32 Å². The van der Waals surface area contributed by atoms with E-state index >= 15 is 0 Å². The zero-order chi connectivity index (χ0) is 19.4. The third-order valence-electron chi connectivity index (χ3n) is 3.85. The summed E-state index contributed by atoms with van der Waals surface area (Å²) in [4.78, 5) is 12.2. The largest absolute Gasteiger partial charge is 0.354 e. The summed E-state index contributed by atoms with van der Waals surface area (Å²) in [6.45, 7) is 4.01. The molecule has 11 heteroatoms. The number of aryl methyl sites for hydroxylation is 2. The first kappa shape index (κ1) is 20.2. The van der Waals surface area contributed by atoms with Gasteiger partial charge in [-0.2, -0.15) is 10.2 Å². The summed E-state index contributed by atoms with van der Waals surface area (Å²) in [6.07, 6.45) is -4.04. The van der Waals surface area contributed by atoms with E-state index in [4.69, 9.17) is 11.6 Å². The molecular formula is C15H18ClF4N5O. The first-order valence-electron chi connectivity index (χ1n) is 7.84. The molecule has 6 nitrogen and oxygen atoms in total. The van der Waals surface area contributed by atoms with Gasteiger partial charge in [-0.3, -0.25) is 9.48 Å². The number of carbonyl (C=O) groups is 1. The van der Waals surface area contributed by atoms with Gasteiger partial charge in [-0.25, -0.2) is 22.2 Å². The molecule has 0 aliphatic rings. The average molecular weight is 396 g/mol. The fraction of sp³-hybridized carbons (Fsp3) is 0.533. The van der Waals surface area contributed by atoms with Crippen LogP contribution in [0.15, 0.2) is 12.3 Å². The molecule has 0 aliphatic carbocycles. The summed E-state index contributed by atoms with van der Waals surface area (Å²) in [6, 6.07) is 0.629. The summed E-state index contributed by atoms with van der Waals surface area (Å²) >= 11 is 5.58. The van der Waals surface area contributed by atoms with Crippen LogP contribution in [0.4, 0.5) is 17.6 Å². The molecule has 1 atom stereocenters. The number of nitrogens with zero attached hydrogens (tertiary/aromatic N) is 4.